The fourth-order valence-electron chi connectivity index (χ4n) is 2.07. The van der Waals surface area contributed by atoms with E-state index in [0.717, 1.165) is 38.8 Å². The largest absolute Gasteiger partial charge is 0.468 e. The third kappa shape index (κ3) is 3.18. The highest BCUT2D eigenvalue weighted by Gasteiger charge is 2.39. The summed E-state index contributed by atoms with van der Waals surface area (Å²) in [7, 11) is 5.51. The molecule has 0 saturated carbocycles. The molecule has 0 radical (unpaired) electrons. The van der Waals surface area contributed by atoms with Gasteiger partial charge in [0.25, 0.3) is 0 Å². The third-order valence-electron chi connectivity index (χ3n) is 3.06. The van der Waals surface area contributed by atoms with Crippen molar-refractivity contribution < 1.29 is 9.53 Å². The lowest BCUT2D eigenvalue weighted by Gasteiger charge is -2.36. The Morgan fingerprint density at radius 2 is 2.20 bits per heavy atom. The Bertz CT molecular complexity index is 211. The molecule has 0 aromatic heterocycles. The number of nitrogens with one attached hydrogen (secondary N) is 1. The Hall–Kier alpha value is -0.610. The van der Waals surface area contributed by atoms with Gasteiger partial charge in [0, 0.05) is 0 Å². The molecule has 1 aliphatic rings. The molecule has 1 heterocycles. The Morgan fingerprint density at radius 1 is 1.47 bits per heavy atom. The van der Waals surface area contributed by atoms with Crippen molar-refractivity contribution in [1.82, 2.24) is 10.2 Å². The maximum atomic E-state index is 11.8. The Labute approximate surface area is 92.0 Å². The third-order valence-corrected chi connectivity index (χ3v) is 3.06. The molecule has 15 heavy (non-hydrogen) atoms. The van der Waals surface area contributed by atoms with Crippen LogP contribution in [0.2, 0.25) is 0 Å². The first kappa shape index (κ1) is 12.5. The van der Waals surface area contributed by atoms with E-state index in [9.17, 15) is 4.79 Å². The molecular formula is C11H22N2O2. The van der Waals surface area contributed by atoms with Crippen molar-refractivity contribution in [3.8, 4) is 0 Å². The molecule has 4 heteroatoms. The van der Waals surface area contributed by atoms with Crippen molar-refractivity contribution >= 4 is 5.97 Å². The number of nitrogens with zero attached hydrogens (tertiary/aromatic N) is 1. The molecule has 0 aromatic rings. The van der Waals surface area contributed by atoms with Gasteiger partial charge in [0.1, 0.15) is 5.54 Å². The molecule has 1 fully saturated rings. The van der Waals surface area contributed by atoms with Crippen molar-refractivity contribution in [2.45, 2.75) is 31.2 Å². The summed E-state index contributed by atoms with van der Waals surface area (Å²) in [6.07, 6.45) is 3.98. The van der Waals surface area contributed by atoms with E-state index >= 15 is 0 Å². The first-order valence-electron chi connectivity index (χ1n) is 5.59. The molecule has 0 amide bonds. The molecule has 4 nitrogen and oxygen atoms in total. The van der Waals surface area contributed by atoms with Gasteiger partial charge in [0.05, 0.1) is 7.11 Å². The van der Waals surface area contributed by atoms with E-state index in [1.807, 2.05) is 14.1 Å². The minimum absolute atomic E-state index is 0.107. The maximum absolute atomic E-state index is 11.8. The van der Waals surface area contributed by atoms with Crippen LogP contribution in [0.3, 0.4) is 0 Å². The number of hydrogen-bond acceptors (Lipinski definition) is 4. The first-order chi connectivity index (χ1) is 7.10. The first-order valence-corrected chi connectivity index (χ1v) is 5.59. The number of ether oxygens (including phenoxy) is 1. The quantitative estimate of drug-likeness (QED) is 0.697. The zero-order valence-corrected chi connectivity index (χ0v) is 10.0. The lowest BCUT2D eigenvalue weighted by molar-refractivity contribution is -0.150. The van der Waals surface area contributed by atoms with Crippen LogP contribution in [-0.4, -0.2) is 50.7 Å². The molecule has 1 atom stereocenters. The van der Waals surface area contributed by atoms with Gasteiger partial charge in [0.2, 0.25) is 0 Å². The highest BCUT2D eigenvalue weighted by molar-refractivity contribution is 5.80. The Balaban J connectivity index is 2.62. The second-order valence-corrected chi connectivity index (χ2v) is 4.51. The summed E-state index contributed by atoms with van der Waals surface area (Å²) in [6, 6.07) is 0. The average Bonchev–Trinajstić information content (AvgIpc) is 2.26. The molecule has 1 N–H and O–H groups in total. The van der Waals surface area contributed by atoms with Gasteiger partial charge in [-0.1, -0.05) is 0 Å². The van der Waals surface area contributed by atoms with Crippen LogP contribution in [0, 0.1) is 0 Å². The molecule has 0 aliphatic carbocycles. The second kappa shape index (κ2) is 5.47. The van der Waals surface area contributed by atoms with Crippen LogP contribution in [0.4, 0.5) is 0 Å². The number of methoxy groups -OCH3 is 1. The van der Waals surface area contributed by atoms with Crippen molar-refractivity contribution in [2.24, 2.45) is 0 Å². The van der Waals surface area contributed by atoms with E-state index in [0.29, 0.717) is 0 Å². The van der Waals surface area contributed by atoms with E-state index < -0.39 is 5.54 Å². The lowest BCUT2D eigenvalue weighted by Crippen LogP contribution is -2.56. The summed E-state index contributed by atoms with van der Waals surface area (Å²) in [4.78, 5) is 13.9. The number of hydrogen-bond donors (Lipinski definition) is 1. The van der Waals surface area contributed by atoms with Gasteiger partial charge in [-0.05, 0) is 52.9 Å². The van der Waals surface area contributed by atoms with E-state index in [4.69, 9.17) is 4.74 Å². The second-order valence-electron chi connectivity index (χ2n) is 4.51. The standard InChI is InChI=1S/C11H22N2O2/c1-13(2)9-7-11(10(14)15-3)6-4-5-8-12-11/h12H,4-9H2,1-3H3. The van der Waals surface area contributed by atoms with Gasteiger partial charge in [0.15, 0.2) is 0 Å². The normalized spacial score (nSPS) is 26.7. The van der Waals surface area contributed by atoms with E-state index in [2.05, 4.69) is 10.2 Å². The van der Waals surface area contributed by atoms with Crippen LogP contribution in [0.25, 0.3) is 0 Å². The molecular weight excluding hydrogens is 192 g/mol. The summed E-state index contributed by atoms with van der Waals surface area (Å²) < 4.78 is 4.91. The van der Waals surface area contributed by atoms with Crippen molar-refractivity contribution in [1.29, 1.82) is 0 Å². The maximum Gasteiger partial charge on any atom is 0.326 e. The minimum atomic E-state index is -0.433. The molecule has 0 bridgehead atoms. The Morgan fingerprint density at radius 3 is 2.67 bits per heavy atom. The molecule has 1 unspecified atom stereocenters. The van der Waals surface area contributed by atoms with Crippen molar-refractivity contribution in [3.63, 3.8) is 0 Å². The SMILES string of the molecule is COC(=O)C1(CCN(C)C)CCCCN1. The number of carbonyl (C=O) groups excluding carboxylic acids is 1. The summed E-state index contributed by atoms with van der Waals surface area (Å²) in [5, 5.41) is 3.34. The molecule has 1 rings (SSSR count). The highest BCUT2D eigenvalue weighted by Crippen LogP contribution is 2.24. The van der Waals surface area contributed by atoms with Gasteiger partial charge in [-0.25, -0.2) is 0 Å². The molecule has 0 aromatic carbocycles. The summed E-state index contributed by atoms with van der Waals surface area (Å²) in [5.74, 6) is -0.107. The van der Waals surface area contributed by atoms with E-state index in [1.54, 1.807) is 0 Å². The smallest absolute Gasteiger partial charge is 0.326 e. The molecule has 88 valence electrons. The Kier molecular flexibility index (Phi) is 4.54. The number of rotatable bonds is 4. The monoisotopic (exact) mass is 214 g/mol. The van der Waals surface area contributed by atoms with Gasteiger partial charge in [-0.15, -0.1) is 0 Å². The van der Waals surface area contributed by atoms with Crippen LogP contribution in [0.1, 0.15) is 25.7 Å². The number of piperidine rings is 1. The van der Waals surface area contributed by atoms with E-state index in [-0.39, 0.29) is 5.97 Å². The molecule has 1 saturated heterocycles. The summed E-state index contributed by atoms with van der Waals surface area (Å²) in [6.45, 7) is 1.82. The van der Waals surface area contributed by atoms with Crippen molar-refractivity contribution in [3.05, 3.63) is 0 Å². The zero-order valence-electron chi connectivity index (χ0n) is 10.0. The van der Waals surface area contributed by atoms with Gasteiger partial charge in [-0.3, -0.25) is 4.79 Å². The van der Waals surface area contributed by atoms with Crippen LogP contribution < -0.4 is 5.32 Å². The number of carbonyl (C=O) groups is 1. The molecule has 0 spiro atoms. The summed E-state index contributed by atoms with van der Waals surface area (Å²) in [5.41, 5.74) is -0.433. The van der Waals surface area contributed by atoms with Crippen LogP contribution in [0.15, 0.2) is 0 Å². The van der Waals surface area contributed by atoms with Crippen LogP contribution in [0.5, 0.6) is 0 Å². The van der Waals surface area contributed by atoms with Crippen molar-refractivity contribution in [2.75, 3.05) is 34.3 Å². The summed E-state index contributed by atoms with van der Waals surface area (Å²) >= 11 is 0. The lowest BCUT2D eigenvalue weighted by atomic mass is 9.85. The predicted molar refractivity (Wildman–Crippen MR) is 59.8 cm³/mol. The van der Waals surface area contributed by atoms with Crippen LogP contribution >= 0.6 is 0 Å². The fraction of sp³-hybridized carbons (Fsp3) is 0.909. The molecule has 1 aliphatic heterocycles. The zero-order chi connectivity index (χ0) is 11.3. The fourth-order valence-corrected chi connectivity index (χ4v) is 2.07. The topological polar surface area (TPSA) is 41.6 Å². The van der Waals surface area contributed by atoms with E-state index in [1.165, 1.54) is 7.11 Å². The van der Waals surface area contributed by atoms with Gasteiger partial charge >= 0.3 is 5.97 Å². The highest BCUT2D eigenvalue weighted by atomic mass is 16.5. The van der Waals surface area contributed by atoms with Gasteiger partial charge in [-0.2, -0.15) is 0 Å². The average molecular weight is 214 g/mol. The minimum Gasteiger partial charge on any atom is -0.468 e. The van der Waals surface area contributed by atoms with Crippen LogP contribution in [-0.2, 0) is 9.53 Å². The predicted octanol–water partition coefficient (Wildman–Crippen LogP) is 0.623. The van der Waals surface area contributed by atoms with Gasteiger partial charge < -0.3 is 15.0 Å². The number of esters is 1.